The maximum Gasteiger partial charge on any atom is 0.181 e. The van der Waals surface area contributed by atoms with Gasteiger partial charge in [0.1, 0.15) is 23.2 Å². The van der Waals surface area contributed by atoms with Crippen LogP contribution in [0.15, 0.2) is 60.9 Å². The lowest BCUT2D eigenvalue weighted by Gasteiger charge is -2.26. The number of fused-ring (bicyclic) bond motifs is 1. The van der Waals surface area contributed by atoms with E-state index in [1.54, 1.807) is 41.2 Å². The van der Waals surface area contributed by atoms with Gasteiger partial charge in [-0.25, -0.2) is 23.3 Å². The highest BCUT2D eigenvalue weighted by Gasteiger charge is 2.30. The second-order valence-electron chi connectivity index (χ2n) is 8.18. The van der Waals surface area contributed by atoms with E-state index in [2.05, 4.69) is 20.3 Å². The van der Waals surface area contributed by atoms with E-state index in [4.69, 9.17) is 4.98 Å². The van der Waals surface area contributed by atoms with E-state index in [1.165, 1.54) is 12.1 Å². The van der Waals surface area contributed by atoms with Crippen molar-refractivity contribution in [2.45, 2.75) is 18.9 Å². The number of aromatic hydroxyl groups is 1. The van der Waals surface area contributed by atoms with Crippen molar-refractivity contribution in [2.75, 3.05) is 11.4 Å². The molecule has 0 saturated carbocycles. The summed E-state index contributed by atoms with van der Waals surface area (Å²) in [6.07, 6.45) is 4.99. The third-order valence-corrected chi connectivity index (χ3v) is 6.08. The Balaban J connectivity index is 1.37. The van der Waals surface area contributed by atoms with Crippen LogP contribution in [0.3, 0.4) is 0 Å². The Bertz CT molecular complexity index is 1500. The molecule has 1 fully saturated rings. The fourth-order valence-electron chi connectivity index (χ4n) is 4.44. The lowest BCUT2D eigenvalue weighted by Crippen LogP contribution is -2.24. The number of phenols is 1. The first-order chi connectivity index (χ1) is 16.6. The van der Waals surface area contributed by atoms with Crippen LogP contribution in [0, 0.1) is 11.6 Å². The summed E-state index contributed by atoms with van der Waals surface area (Å²) in [5, 5.41) is 21.1. The van der Waals surface area contributed by atoms with Crippen molar-refractivity contribution in [3.63, 3.8) is 0 Å². The van der Waals surface area contributed by atoms with Gasteiger partial charge in [0, 0.05) is 23.9 Å². The van der Waals surface area contributed by atoms with Gasteiger partial charge >= 0.3 is 0 Å². The first-order valence-electron chi connectivity index (χ1n) is 10.8. The molecule has 0 unspecified atom stereocenters. The van der Waals surface area contributed by atoms with Crippen LogP contribution in [0.2, 0.25) is 0 Å². The summed E-state index contributed by atoms with van der Waals surface area (Å²) in [4.78, 5) is 11.4. The standard InChI is InChI=1S/C24H19F2N7O/c25-15-5-8-19(26)17(12-15)20-2-1-10-32(20)21-9-11-33-24(28-21)18(13-27-33)23-29-22(30-31-23)14-3-6-16(34)7-4-14/h3-9,11-13,20,34H,1-2,10H2,(H,29,30,31)/t20-/m1/s1. The molecule has 3 aromatic heterocycles. The predicted molar refractivity (Wildman–Crippen MR) is 121 cm³/mol. The molecule has 1 atom stereocenters. The second-order valence-corrected chi connectivity index (χ2v) is 8.18. The number of H-pyrrole nitrogens is 1. The SMILES string of the molecule is Oc1ccc(-c2n[nH]c(-c3cnn4ccc(N5CCC[C@@H]5c5cc(F)ccc5F)nc34)n2)cc1. The molecule has 0 aliphatic carbocycles. The number of rotatable bonds is 4. The average Bonchev–Trinajstić information content (AvgIpc) is 3.60. The summed E-state index contributed by atoms with van der Waals surface area (Å²) >= 11 is 0. The van der Waals surface area contributed by atoms with Gasteiger partial charge in [-0.15, -0.1) is 0 Å². The van der Waals surface area contributed by atoms with Crippen molar-refractivity contribution in [3.05, 3.63) is 78.1 Å². The third-order valence-electron chi connectivity index (χ3n) is 6.08. The Morgan fingerprint density at radius 3 is 2.74 bits per heavy atom. The highest BCUT2D eigenvalue weighted by atomic mass is 19.1. The number of benzene rings is 2. The van der Waals surface area contributed by atoms with E-state index >= 15 is 0 Å². The minimum absolute atomic E-state index is 0.164. The molecule has 2 aromatic carbocycles. The van der Waals surface area contributed by atoms with E-state index < -0.39 is 11.6 Å². The molecule has 2 N–H and O–H groups in total. The van der Waals surface area contributed by atoms with E-state index in [-0.39, 0.29) is 11.8 Å². The lowest BCUT2D eigenvalue weighted by atomic mass is 10.0. The van der Waals surface area contributed by atoms with Crippen molar-refractivity contribution in [3.8, 4) is 28.5 Å². The summed E-state index contributed by atoms with van der Waals surface area (Å²) < 4.78 is 30.0. The van der Waals surface area contributed by atoms with Gasteiger partial charge in [-0.1, -0.05) is 0 Å². The molecule has 5 aromatic rings. The van der Waals surface area contributed by atoms with Crippen molar-refractivity contribution < 1.29 is 13.9 Å². The summed E-state index contributed by atoms with van der Waals surface area (Å²) in [5.41, 5.74) is 2.31. The molecule has 6 rings (SSSR count). The minimum atomic E-state index is -0.459. The van der Waals surface area contributed by atoms with Gasteiger partial charge in [-0.2, -0.15) is 10.2 Å². The maximum atomic E-state index is 14.5. The zero-order chi connectivity index (χ0) is 23.2. The van der Waals surface area contributed by atoms with Crippen LogP contribution < -0.4 is 4.90 Å². The zero-order valence-electron chi connectivity index (χ0n) is 17.9. The Labute approximate surface area is 192 Å². The van der Waals surface area contributed by atoms with Gasteiger partial charge in [-0.3, -0.25) is 5.10 Å². The third kappa shape index (κ3) is 3.43. The Kier molecular flexibility index (Phi) is 4.72. The van der Waals surface area contributed by atoms with Crippen molar-refractivity contribution in [1.29, 1.82) is 0 Å². The van der Waals surface area contributed by atoms with Crippen LogP contribution in [0.4, 0.5) is 14.6 Å². The molecule has 1 saturated heterocycles. The van der Waals surface area contributed by atoms with Crippen molar-refractivity contribution >= 4 is 11.5 Å². The number of hydrogen-bond acceptors (Lipinski definition) is 6. The van der Waals surface area contributed by atoms with E-state index in [1.807, 2.05) is 11.0 Å². The zero-order valence-corrected chi connectivity index (χ0v) is 17.9. The van der Waals surface area contributed by atoms with Gasteiger partial charge < -0.3 is 10.0 Å². The normalized spacial score (nSPS) is 15.9. The molecular formula is C24H19F2N7O. The molecule has 4 heterocycles. The van der Waals surface area contributed by atoms with Gasteiger partial charge in [-0.05, 0) is 61.4 Å². The molecule has 1 aliphatic heterocycles. The van der Waals surface area contributed by atoms with E-state index in [0.29, 0.717) is 47.2 Å². The van der Waals surface area contributed by atoms with Gasteiger partial charge in [0.15, 0.2) is 17.3 Å². The minimum Gasteiger partial charge on any atom is -0.508 e. The highest BCUT2D eigenvalue weighted by Crippen LogP contribution is 2.37. The number of anilines is 1. The molecule has 0 radical (unpaired) electrons. The van der Waals surface area contributed by atoms with Gasteiger partial charge in [0.05, 0.1) is 17.8 Å². The molecule has 0 bridgehead atoms. The van der Waals surface area contributed by atoms with E-state index in [0.717, 1.165) is 18.1 Å². The molecule has 34 heavy (non-hydrogen) atoms. The van der Waals surface area contributed by atoms with Crippen LogP contribution in [-0.4, -0.2) is 41.4 Å². The van der Waals surface area contributed by atoms with Crippen LogP contribution in [-0.2, 0) is 0 Å². The molecule has 10 heteroatoms. The number of aromatic amines is 1. The number of aromatic nitrogens is 6. The first-order valence-corrected chi connectivity index (χ1v) is 10.8. The molecule has 1 aliphatic rings. The van der Waals surface area contributed by atoms with Crippen molar-refractivity contribution in [2.24, 2.45) is 0 Å². The highest BCUT2D eigenvalue weighted by molar-refractivity contribution is 5.74. The van der Waals surface area contributed by atoms with Gasteiger partial charge in [0.25, 0.3) is 0 Å². The fourth-order valence-corrected chi connectivity index (χ4v) is 4.44. The Morgan fingerprint density at radius 2 is 1.88 bits per heavy atom. The smallest absolute Gasteiger partial charge is 0.181 e. The number of halogens is 2. The summed E-state index contributed by atoms with van der Waals surface area (Å²) in [6, 6.07) is 11.7. The summed E-state index contributed by atoms with van der Waals surface area (Å²) in [7, 11) is 0. The maximum absolute atomic E-state index is 14.5. The van der Waals surface area contributed by atoms with E-state index in [9.17, 15) is 13.9 Å². The van der Waals surface area contributed by atoms with Crippen LogP contribution in [0.1, 0.15) is 24.4 Å². The second kappa shape index (κ2) is 7.91. The molecule has 170 valence electrons. The number of phenolic OH excluding ortho intramolecular Hbond substituents is 1. The predicted octanol–water partition coefficient (Wildman–Crippen LogP) is 4.51. The fraction of sp³-hybridized carbons (Fsp3) is 0.167. The molecule has 8 nitrogen and oxygen atoms in total. The molecule has 0 amide bonds. The topological polar surface area (TPSA) is 95.2 Å². The first kappa shape index (κ1) is 20.3. The van der Waals surface area contributed by atoms with Crippen LogP contribution in [0.25, 0.3) is 28.4 Å². The Hall–Kier alpha value is -4.34. The molecular weight excluding hydrogens is 440 g/mol. The van der Waals surface area contributed by atoms with Crippen molar-refractivity contribution in [1.82, 2.24) is 29.8 Å². The Morgan fingerprint density at radius 1 is 1.03 bits per heavy atom. The quantitative estimate of drug-likeness (QED) is 0.411. The summed E-state index contributed by atoms with van der Waals surface area (Å²) in [5.74, 6) is 0.909. The van der Waals surface area contributed by atoms with Gasteiger partial charge in [0.2, 0.25) is 0 Å². The number of nitrogens with zero attached hydrogens (tertiary/aromatic N) is 6. The monoisotopic (exact) mass is 459 g/mol. The average molecular weight is 459 g/mol. The van der Waals surface area contributed by atoms with Crippen LogP contribution in [0.5, 0.6) is 5.75 Å². The number of nitrogens with one attached hydrogen (secondary N) is 1. The lowest BCUT2D eigenvalue weighted by molar-refractivity contribution is 0.475. The largest absolute Gasteiger partial charge is 0.508 e. The summed E-state index contributed by atoms with van der Waals surface area (Å²) in [6.45, 7) is 0.681. The molecule has 0 spiro atoms. The number of hydrogen-bond donors (Lipinski definition) is 2. The van der Waals surface area contributed by atoms with Crippen LogP contribution >= 0.6 is 0 Å².